The lowest BCUT2D eigenvalue weighted by atomic mass is 9.98. The average molecular weight is 452 g/mol. The molecule has 1 aliphatic heterocycles. The average Bonchev–Trinajstić information content (AvgIpc) is 2.68. The molecule has 0 bridgehead atoms. The van der Waals surface area contributed by atoms with E-state index in [9.17, 15) is 14.4 Å². The van der Waals surface area contributed by atoms with E-state index in [-0.39, 0.29) is 41.9 Å². The molecule has 7 nitrogen and oxygen atoms in total. The number of carbonyl (C=O) groups excluding carboxylic acids is 3. The number of halogens is 1. The topological polar surface area (TPSA) is 87.7 Å². The normalized spacial score (nSPS) is 21.1. The summed E-state index contributed by atoms with van der Waals surface area (Å²) in [7, 11) is 0. The van der Waals surface area contributed by atoms with Gasteiger partial charge in [-0.15, -0.1) is 0 Å². The van der Waals surface area contributed by atoms with Crippen molar-refractivity contribution in [3.05, 3.63) is 28.3 Å². The highest BCUT2D eigenvalue weighted by atomic mass is 35.5. The van der Waals surface area contributed by atoms with E-state index in [4.69, 9.17) is 16.3 Å². The first-order valence-electron chi connectivity index (χ1n) is 10.8. The fourth-order valence-electron chi connectivity index (χ4n) is 3.52. The Kier molecular flexibility index (Phi) is 8.34. The molecule has 31 heavy (non-hydrogen) atoms. The van der Waals surface area contributed by atoms with Crippen molar-refractivity contribution in [2.45, 2.75) is 66.6 Å². The van der Waals surface area contributed by atoms with Crippen LogP contribution in [-0.2, 0) is 9.59 Å². The molecule has 0 radical (unpaired) electrons. The van der Waals surface area contributed by atoms with Crippen LogP contribution in [0.25, 0.3) is 0 Å². The van der Waals surface area contributed by atoms with Crippen molar-refractivity contribution in [1.82, 2.24) is 15.5 Å². The van der Waals surface area contributed by atoms with Gasteiger partial charge in [-0.3, -0.25) is 14.4 Å². The number of carbonyl (C=O) groups is 3. The van der Waals surface area contributed by atoms with Crippen LogP contribution in [-0.4, -0.2) is 53.9 Å². The number of amides is 3. The molecule has 0 spiro atoms. The van der Waals surface area contributed by atoms with Crippen molar-refractivity contribution in [2.24, 2.45) is 11.8 Å². The maximum absolute atomic E-state index is 13.3. The Bertz CT molecular complexity index is 838. The molecule has 0 saturated heterocycles. The molecule has 0 aliphatic carbocycles. The lowest BCUT2D eigenvalue weighted by molar-refractivity contribution is -0.140. The number of benzene rings is 1. The van der Waals surface area contributed by atoms with Gasteiger partial charge >= 0.3 is 0 Å². The van der Waals surface area contributed by atoms with Crippen LogP contribution in [0.4, 0.5) is 0 Å². The van der Waals surface area contributed by atoms with Crippen LogP contribution in [0.5, 0.6) is 5.75 Å². The third-order valence-corrected chi connectivity index (χ3v) is 5.88. The Hall–Kier alpha value is -2.28. The SMILES string of the molecule is Cc1cc2c(cc1Cl)C(=O)N[C@H](C(C)C)C(=O)N[C@H](C(C)C)C(=O)N(C(C)C)CCO2. The van der Waals surface area contributed by atoms with Gasteiger partial charge in [-0.2, -0.15) is 0 Å². The highest BCUT2D eigenvalue weighted by molar-refractivity contribution is 6.31. The molecule has 2 rings (SSSR count). The van der Waals surface area contributed by atoms with Crippen molar-refractivity contribution in [3.8, 4) is 5.75 Å². The summed E-state index contributed by atoms with van der Waals surface area (Å²) in [6.07, 6.45) is 0. The largest absolute Gasteiger partial charge is 0.491 e. The number of aryl methyl sites for hydroxylation is 1. The Morgan fingerprint density at radius 3 is 2.16 bits per heavy atom. The number of rotatable bonds is 3. The Balaban J connectivity index is 2.54. The number of hydrogen-bond acceptors (Lipinski definition) is 4. The second kappa shape index (κ2) is 10.4. The minimum absolute atomic E-state index is 0.0774. The van der Waals surface area contributed by atoms with E-state index in [2.05, 4.69) is 10.6 Å². The fourth-order valence-corrected chi connectivity index (χ4v) is 3.68. The third-order valence-electron chi connectivity index (χ3n) is 5.47. The van der Waals surface area contributed by atoms with Gasteiger partial charge < -0.3 is 20.3 Å². The molecule has 0 aromatic heterocycles. The minimum atomic E-state index is -0.817. The van der Waals surface area contributed by atoms with Gasteiger partial charge in [0, 0.05) is 11.1 Å². The summed E-state index contributed by atoms with van der Waals surface area (Å²) in [5.41, 5.74) is 1.03. The van der Waals surface area contributed by atoms with Crippen LogP contribution >= 0.6 is 11.6 Å². The van der Waals surface area contributed by atoms with Crippen LogP contribution in [0.2, 0.25) is 5.02 Å². The first-order chi connectivity index (χ1) is 14.4. The smallest absolute Gasteiger partial charge is 0.255 e. The monoisotopic (exact) mass is 451 g/mol. The molecule has 1 heterocycles. The molecule has 2 N–H and O–H groups in total. The van der Waals surface area contributed by atoms with E-state index < -0.39 is 18.0 Å². The molecule has 1 aromatic rings. The predicted octanol–water partition coefficient (Wildman–Crippen LogP) is 3.17. The first kappa shape index (κ1) is 25.0. The zero-order valence-corrected chi connectivity index (χ0v) is 20.2. The Morgan fingerprint density at radius 1 is 1.00 bits per heavy atom. The van der Waals surface area contributed by atoms with Gasteiger partial charge in [-0.05, 0) is 50.3 Å². The number of fused-ring (bicyclic) bond motifs is 1. The molecule has 0 saturated carbocycles. The second-order valence-corrected chi connectivity index (χ2v) is 9.40. The predicted molar refractivity (Wildman–Crippen MR) is 121 cm³/mol. The van der Waals surface area contributed by atoms with Crippen molar-refractivity contribution < 1.29 is 19.1 Å². The Labute approximate surface area is 189 Å². The summed E-state index contributed by atoms with van der Waals surface area (Å²) in [5, 5.41) is 6.11. The van der Waals surface area contributed by atoms with Crippen molar-refractivity contribution in [1.29, 1.82) is 0 Å². The van der Waals surface area contributed by atoms with E-state index >= 15 is 0 Å². The third kappa shape index (κ3) is 5.91. The molecular formula is C23H34ClN3O4. The maximum atomic E-state index is 13.3. The van der Waals surface area contributed by atoms with Crippen molar-refractivity contribution >= 4 is 29.3 Å². The zero-order chi connectivity index (χ0) is 23.5. The van der Waals surface area contributed by atoms with E-state index in [0.29, 0.717) is 17.3 Å². The molecular weight excluding hydrogens is 418 g/mol. The van der Waals surface area contributed by atoms with Crippen LogP contribution < -0.4 is 15.4 Å². The molecule has 1 aliphatic rings. The molecule has 8 heteroatoms. The lowest BCUT2D eigenvalue weighted by Crippen LogP contribution is -2.58. The highest BCUT2D eigenvalue weighted by Gasteiger charge is 2.34. The quantitative estimate of drug-likeness (QED) is 0.738. The summed E-state index contributed by atoms with van der Waals surface area (Å²) >= 11 is 6.26. The van der Waals surface area contributed by atoms with Gasteiger partial charge in [-0.25, -0.2) is 0 Å². The lowest BCUT2D eigenvalue weighted by Gasteiger charge is -2.33. The first-order valence-corrected chi connectivity index (χ1v) is 11.2. The van der Waals surface area contributed by atoms with Gasteiger partial charge in [-0.1, -0.05) is 39.3 Å². The summed E-state index contributed by atoms with van der Waals surface area (Å²) < 4.78 is 5.94. The molecule has 0 fully saturated rings. The second-order valence-electron chi connectivity index (χ2n) is 9.00. The fraction of sp³-hybridized carbons (Fsp3) is 0.609. The van der Waals surface area contributed by atoms with E-state index in [0.717, 1.165) is 5.56 Å². The van der Waals surface area contributed by atoms with E-state index in [1.165, 1.54) is 0 Å². The van der Waals surface area contributed by atoms with Gasteiger partial charge in [0.25, 0.3) is 5.91 Å². The number of hydrogen-bond donors (Lipinski definition) is 2. The molecule has 3 amide bonds. The molecule has 0 unspecified atom stereocenters. The van der Waals surface area contributed by atoms with Crippen molar-refractivity contribution in [3.63, 3.8) is 0 Å². The van der Waals surface area contributed by atoms with Crippen LogP contribution in [0.15, 0.2) is 12.1 Å². The number of ether oxygens (including phenoxy) is 1. The van der Waals surface area contributed by atoms with E-state index in [1.54, 1.807) is 17.0 Å². The van der Waals surface area contributed by atoms with Crippen molar-refractivity contribution in [2.75, 3.05) is 13.2 Å². The molecule has 172 valence electrons. The number of nitrogens with one attached hydrogen (secondary N) is 2. The van der Waals surface area contributed by atoms with Crippen LogP contribution in [0.1, 0.15) is 57.5 Å². The van der Waals surface area contributed by atoms with Crippen LogP contribution in [0.3, 0.4) is 0 Å². The summed E-state index contributed by atoms with van der Waals surface area (Å²) in [4.78, 5) is 41.2. The summed E-state index contributed by atoms with van der Waals surface area (Å²) in [5.74, 6) is -0.938. The van der Waals surface area contributed by atoms with Gasteiger partial charge in [0.1, 0.15) is 24.4 Å². The maximum Gasteiger partial charge on any atom is 0.255 e. The summed E-state index contributed by atoms with van der Waals surface area (Å²) in [6.45, 7) is 13.7. The van der Waals surface area contributed by atoms with E-state index in [1.807, 2.05) is 48.5 Å². The van der Waals surface area contributed by atoms with Gasteiger partial charge in [0.15, 0.2) is 0 Å². The minimum Gasteiger partial charge on any atom is -0.491 e. The van der Waals surface area contributed by atoms with Crippen LogP contribution in [0, 0.1) is 18.8 Å². The molecule has 1 aromatic carbocycles. The summed E-state index contributed by atoms with van der Waals surface area (Å²) in [6, 6.07) is 1.67. The zero-order valence-electron chi connectivity index (χ0n) is 19.4. The van der Waals surface area contributed by atoms with Gasteiger partial charge in [0.05, 0.1) is 12.1 Å². The standard InChI is InChI=1S/C23H34ClN3O4/c1-12(2)19-22(29)26-20(13(3)4)23(30)27(14(5)6)8-9-31-18-10-15(7)17(24)11-16(18)21(28)25-19/h10-14,19-20H,8-9H2,1-7H3,(H,25,28)(H,26,29)/t19-,20-/m1/s1. The molecule has 2 atom stereocenters. The number of nitrogens with zero attached hydrogens (tertiary/aromatic N) is 1. The van der Waals surface area contributed by atoms with Gasteiger partial charge in [0.2, 0.25) is 11.8 Å². The Morgan fingerprint density at radius 2 is 1.61 bits per heavy atom. The highest BCUT2D eigenvalue weighted by Crippen LogP contribution is 2.27.